The fourth-order valence-electron chi connectivity index (χ4n) is 2.75. The number of benzene rings is 2. The maximum absolute atomic E-state index is 13.0. The lowest BCUT2D eigenvalue weighted by Gasteiger charge is -2.29. The van der Waals surface area contributed by atoms with Crippen molar-refractivity contribution in [3.05, 3.63) is 64.7 Å². The zero-order chi connectivity index (χ0) is 18.2. The normalized spacial score (nSPS) is 18.3. The van der Waals surface area contributed by atoms with Crippen LogP contribution in [0.2, 0.25) is 5.02 Å². The summed E-state index contributed by atoms with van der Waals surface area (Å²) in [7, 11) is 0. The van der Waals surface area contributed by atoms with E-state index in [2.05, 4.69) is 5.10 Å². The first kappa shape index (κ1) is 17.5. The van der Waals surface area contributed by atoms with Crippen LogP contribution in [0.15, 0.2) is 53.6 Å². The SMILES string of the molecule is CC1=NN(c2ccc(Cl)cc2)C(=O)C(c2cccc(C(F)(F)F)c2)C1. The van der Waals surface area contributed by atoms with Gasteiger partial charge in [-0.3, -0.25) is 4.79 Å². The first-order chi connectivity index (χ1) is 11.8. The zero-order valence-corrected chi connectivity index (χ0v) is 14.0. The number of anilines is 1. The second-order valence-corrected chi connectivity index (χ2v) is 6.28. The minimum Gasteiger partial charge on any atom is -0.272 e. The Kier molecular flexibility index (Phi) is 4.56. The predicted octanol–water partition coefficient (Wildman–Crippen LogP) is 5.26. The highest BCUT2D eigenvalue weighted by atomic mass is 35.5. The maximum Gasteiger partial charge on any atom is 0.416 e. The molecule has 0 bridgehead atoms. The van der Waals surface area contributed by atoms with Gasteiger partial charge in [0, 0.05) is 17.2 Å². The number of hydrazone groups is 1. The van der Waals surface area contributed by atoms with Gasteiger partial charge in [-0.05, 0) is 42.8 Å². The molecule has 7 heteroatoms. The smallest absolute Gasteiger partial charge is 0.272 e. The van der Waals surface area contributed by atoms with Crippen LogP contribution in [0.4, 0.5) is 18.9 Å². The molecule has 0 fully saturated rings. The van der Waals surface area contributed by atoms with Gasteiger partial charge in [0.05, 0.1) is 17.2 Å². The summed E-state index contributed by atoms with van der Waals surface area (Å²) in [6, 6.07) is 11.4. The molecule has 25 heavy (non-hydrogen) atoms. The Labute approximate surface area is 147 Å². The molecule has 1 heterocycles. The van der Waals surface area contributed by atoms with E-state index >= 15 is 0 Å². The molecule has 1 unspecified atom stereocenters. The summed E-state index contributed by atoms with van der Waals surface area (Å²) in [5, 5.41) is 5.98. The van der Waals surface area contributed by atoms with Crippen LogP contribution in [-0.2, 0) is 11.0 Å². The molecule has 1 atom stereocenters. The topological polar surface area (TPSA) is 32.7 Å². The molecule has 0 spiro atoms. The minimum atomic E-state index is -4.45. The van der Waals surface area contributed by atoms with Crippen LogP contribution in [-0.4, -0.2) is 11.6 Å². The molecule has 130 valence electrons. The molecule has 0 saturated carbocycles. The standard InChI is InChI=1S/C18H14ClF3N2O/c1-11-9-16(12-3-2-4-13(10-12)18(20,21)22)17(25)24(23-11)15-7-5-14(19)6-8-15/h2-8,10,16H,9H2,1H3. The third-order valence-corrected chi connectivity index (χ3v) is 4.22. The largest absolute Gasteiger partial charge is 0.416 e. The van der Waals surface area contributed by atoms with Gasteiger partial charge < -0.3 is 0 Å². The third kappa shape index (κ3) is 3.69. The monoisotopic (exact) mass is 366 g/mol. The third-order valence-electron chi connectivity index (χ3n) is 3.96. The van der Waals surface area contributed by atoms with Crippen molar-refractivity contribution in [2.24, 2.45) is 5.10 Å². The van der Waals surface area contributed by atoms with E-state index in [4.69, 9.17) is 11.6 Å². The van der Waals surface area contributed by atoms with Crippen molar-refractivity contribution in [2.75, 3.05) is 5.01 Å². The number of rotatable bonds is 2. The van der Waals surface area contributed by atoms with E-state index in [1.165, 1.54) is 17.1 Å². The number of carbonyl (C=O) groups excluding carboxylic acids is 1. The predicted molar refractivity (Wildman–Crippen MR) is 90.8 cm³/mol. The molecular weight excluding hydrogens is 353 g/mol. The highest BCUT2D eigenvalue weighted by Crippen LogP contribution is 2.35. The van der Waals surface area contributed by atoms with Crippen molar-refractivity contribution in [1.29, 1.82) is 0 Å². The van der Waals surface area contributed by atoms with Gasteiger partial charge >= 0.3 is 6.18 Å². The van der Waals surface area contributed by atoms with E-state index in [-0.39, 0.29) is 12.3 Å². The first-order valence-corrected chi connectivity index (χ1v) is 7.94. The van der Waals surface area contributed by atoms with Crippen molar-refractivity contribution >= 4 is 28.9 Å². The summed E-state index contributed by atoms with van der Waals surface area (Å²) >= 11 is 5.85. The molecule has 3 nitrogen and oxygen atoms in total. The molecule has 2 aromatic carbocycles. The molecule has 1 aliphatic rings. The van der Waals surface area contributed by atoms with Crippen molar-refractivity contribution < 1.29 is 18.0 Å². The summed E-state index contributed by atoms with van der Waals surface area (Å²) in [4.78, 5) is 12.8. The lowest BCUT2D eigenvalue weighted by Crippen LogP contribution is -2.36. The highest BCUT2D eigenvalue weighted by Gasteiger charge is 2.35. The Balaban J connectivity index is 1.97. The zero-order valence-electron chi connectivity index (χ0n) is 13.2. The second kappa shape index (κ2) is 6.52. The molecule has 0 aromatic heterocycles. The van der Waals surface area contributed by atoms with Crippen molar-refractivity contribution in [3.8, 4) is 0 Å². The number of amides is 1. The number of carbonyl (C=O) groups is 1. The van der Waals surface area contributed by atoms with Gasteiger partial charge in [0.15, 0.2) is 0 Å². The van der Waals surface area contributed by atoms with Gasteiger partial charge in [0.1, 0.15) is 0 Å². The Bertz CT molecular complexity index is 831. The van der Waals surface area contributed by atoms with Crippen LogP contribution in [0.25, 0.3) is 0 Å². The van der Waals surface area contributed by atoms with E-state index in [1.54, 1.807) is 31.2 Å². The number of hydrogen-bond donors (Lipinski definition) is 0. The second-order valence-electron chi connectivity index (χ2n) is 5.84. The first-order valence-electron chi connectivity index (χ1n) is 7.56. The quantitative estimate of drug-likeness (QED) is 0.714. The van der Waals surface area contributed by atoms with Crippen LogP contribution >= 0.6 is 11.6 Å². The van der Waals surface area contributed by atoms with Crippen LogP contribution < -0.4 is 5.01 Å². The average Bonchev–Trinajstić information content (AvgIpc) is 2.57. The molecule has 2 aromatic rings. The summed E-state index contributed by atoms with van der Waals surface area (Å²) in [6.45, 7) is 1.75. The molecule has 1 amide bonds. The maximum atomic E-state index is 13.0. The molecule has 0 N–H and O–H groups in total. The van der Waals surface area contributed by atoms with Crippen LogP contribution in [0.5, 0.6) is 0 Å². The lowest BCUT2D eigenvalue weighted by atomic mass is 9.90. The van der Waals surface area contributed by atoms with Gasteiger partial charge in [-0.1, -0.05) is 29.8 Å². The molecule has 1 aliphatic heterocycles. The minimum absolute atomic E-state index is 0.282. The Morgan fingerprint density at radius 2 is 1.84 bits per heavy atom. The summed E-state index contributed by atoms with van der Waals surface area (Å²) in [5.74, 6) is -1.08. The van der Waals surface area contributed by atoms with Crippen molar-refractivity contribution in [3.63, 3.8) is 0 Å². The summed E-state index contributed by atoms with van der Waals surface area (Å²) < 4.78 is 38.9. The summed E-state index contributed by atoms with van der Waals surface area (Å²) in [5.41, 5.74) is 0.742. The Morgan fingerprint density at radius 3 is 2.48 bits per heavy atom. The average molecular weight is 367 g/mol. The van der Waals surface area contributed by atoms with Gasteiger partial charge in [0.2, 0.25) is 0 Å². The van der Waals surface area contributed by atoms with E-state index in [1.807, 2.05) is 0 Å². The van der Waals surface area contributed by atoms with E-state index in [9.17, 15) is 18.0 Å². The summed E-state index contributed by atoms with van der Waals surface area (Å²) in [6.07, 6.45) is -4.17. The highest BCUT2D eigenvalue weighted by molar-refractivity contribution is 6.30. The van der Waals surface area contributed by atoms with E-state index in [0.29, 0.717) is 22.0 Å². The molecule has 0 saturated heterocycles. The van der Waals surface area contributed by atoms with Gasteiger partial charge in [0.25, 0.3) is 5.91 Å². The van der Waals surface area contributed by atoms with Gasteiger partial charge in [-0.2, -0.15) is 18.3 Å². The van der Waals surface area contributed by atoms with Crippen molar-refractivity contribution in [2.45, 2.75) is 25.4 Å². The fourth-order valence-corrected chi connectivity index (χ4v) is 2.88. The number of hydrogen-bond acceptors (Lipinski definition) is 2. The van der Waals surface area contributed by atoms with Crippen LogP contribution in [0.3, 0.4) is 0 Å². The fraction of sp³-hybridized carbons (Fsp3) is 0.222. The molecule has 0 aliphatic carbocycles. The van der Waals surface area contributed by atoms with Gasteiger partial charge in [-0.15, -0.1) is 0 Å². The lowest BCUT2D eigenvalue weighted by molar-refractivity contribution is -0.137. The van der Waals surface area contributed by atoms with Crippen LogP contribution in [0.1, 0.15) is 30.4 Å². The van der Waals surface area contributed by atoms with Gasteiger partial charge in [-0.25, -0.2) is 5.01 Å². The number of nitrogens with zero attached hydrogens (tertiary/aromatic N) is 2. The molecule has 3 rings (SSSR count). The molecular formula is C18H14ClF3N2O. The van der Waals surface area contributed by atoms with E-state index in [0.717, 1.165) is 12.1 Å². The Hall–Kier alpha value is -2.34. The Morgan fingerprint density at radius 1 is 1.16 bits per heavy atom. The van der Waals surface area contributed by atoms with E-state index < -0.39 is 17.7 Å². The number of halogens is 4. The van der Waals surface area contributed by atoms with Crippen LogP contribution in [0, 0.1) is 0 Å². The molecule has 0 radical (unpaired) electrons. The van der Waals surface area contributed by atoms with Crippen molar-refractivity contribution in [1.82, 2.24) is 0 Å². The number of alkyl halides is 3.